The molecule has 1 aromatic carbocycles. The summed E-state index contributed by atoms with van der Waals surface area (Å²) >= 11 is 0. The summed E-state index contributed by atoms with van der Waals surface area (Å²) in [5.41, 5.74) is 6.54. The third-order valence-corrected chi connectivity index (χ3v) is 3.84. The van der Waals surface area contributed by atoms with Crippen LogP contribution >= 0.6 is 0 Å². The number of carbonyl (C=O) groups excluding carboxylic acids is 3. The first-order valence-electron chi connectivity index (χ1n) is 7.32. The van der Waals surface area contributed by atoms with Gasteiger partial charge >= 0.3 is 5.97 Å². The SMILES string of the molecule is Cc1ccccc1C(=O)OCC(=O)N1CCCC[C@H]1C(N)=O. The highest BCUT2D eigenvalue weighted by molar-refractivity contribution is 5.93. The van der Waals surface area contributed by atoms with E-state index in [2.05, 4.69) is 0 Å². The van der Waals surface area contributed by atoms with Gasteiger partial charge in [0.05, 0.1) is 5.56 Å². The van der Waals surface area contributed by atoms with Crippen LogP contribution in [0.5, 0.6) is 0 Å². The molecule has 0 unspecified atom stereocenters. The van der Waals surface area contributed by atoms with Gasteiger partial charge in [-0.1, -0.05) is 18.2 Å². The molecule has 1 fully saturated rings. The molecular formula is C16H20N2O4. The summed E-state index contributed by atoms with van der Waals surface area (Å²) in [5.74, 6) is -1.44. The standard InChI is InChI=1S/C16H20N2O4/c1-11-6-2-3-7-12(11)16(21)22-10-14(19)18-9-5-4-8-13(18)15(17)20/h2-3,6-7,13H,4-5,8-10H2,1H3,(H2,17,20)/t13-/m0/s1. The Kier molecular flexibility index (Phi) is 5.14. The zero-order valence-corrected chi connectivity index (χ0v) is 12.6. The molecule has 0 aromatic heterocycles. The lowest BCUT2D eigenvalue weighted by Crippen LogP contribution is -2.51. The van der Waals surface area contributed by atoms with E-state index in [-0.39, 0.29) is 12.5 Å². The van der Waals surface area contributed by atoms with Crippen LogP contribution in [-0.4, -0.2) is 41.9 Å². The fourth-order valence-electron chi connectivity index (χ4n) is 2.62. The Bertz CT molecular complexity index is 585. The lowest BCUT2D eigenvalue weighted by molar-refractivity contribution is -0.143. The average Bonchev–Trinajstić information content (AvgIpc) is 2.52. The van der Waals surface area contributed by atoms with Crippen molar-refractivity contribution in [3.63, 3.8) is 0 Å². The van der Waals surface area contributed by atoms with Crippen molar-refractivity contribution in [3.05, 3.63) is 35.4 Å². The third kappa shape index (κ3) is 3.63. The summed E-state index contributed by atoms with van der Waals surface area (Å²) in [5, 5.41) is 0. The molecular weight excluding hydrogens is 284 g/mol. The Hall–Kier alpha value is -2.37. The van der Waals surface area contributed by atoms with Crippen molar-refractivity contribution in [2.75, 3.05) is 13.2 Å². The van der Waals surface area contributed by atoms with Crippen LogP contribution in [0.3, 0.4) is 0 Å². The Morgan fingerprint density at radius 3 is 2.68 bits per heavy atom. The molecule has 1 aromatic rings. The van der Waals surface area contributed by atoms with Crippen molar-refractivity contribution in [2.45, 2.75) is 32.2 Å². The van der Waals surface area contributed by atoms with Crippen molar-refractivity contribution < 1.29 is 19.1 Å². The second kappa shape index (κ2) is 7.06. The van der Waals surface area contributed by atoms with Crippen molar-refractivity contribution in [3.8, 4) is 0 Å². The van der Waals surface area contributed by atoms with E-state index in [1.54, 1.807) is 25.1 Å². The third-order valence-electron chi connectivity index (χ3n) is 3.84. The second-order valence-electron chi connectivity index (χ2n) is 5.39. The van der Waals surface area contributed by atoms with Crippen LogP contribution < -0.4 is 5.73 Å². The average molecular weight is 304 g/mol. The van der Waals surface area contributed by atoms with Crippen LogP contribution in [0.1, 0.15) is 35.2 Å². The Morgan fingerprint density at radius 2 is 2.00 bits per heavy atom. The summed E-state index contributed by atoms with van der Waals surface area (Å²) < 4.78 is 5.07. The molecule has 1 aliphatic heterocycles. The zero-order valence-electron chi connectivity index (χ0n) is 12.6. The molecule has 2 N–H and O–H groups in total. The maximum atomic E-state index is 12.2. The molecule has 6 heteroatoms. The van der Waals surface area contributed by atoms with E-state index in [4.69, 9.17) is 10.5 Å². The fourth-order valence-corrected chi connectivity index (χ4v) is 2.62. The van der Waals surface area contributed by atoms with E-state index in [1.807, 2.05) is 6.07 Å². The molecule has 0 bridgehead atoms. The first kappa shape index (κ1) is 16.0. The summed E-state index contributed by atoms with van der Waals surface area (Å²) in [4.78, 5) is 37.0. The molecule has 0 radical (unpaired) electrons. The van der Waals surface area contributed by atoms with Crippen LogP contribution in [0.25, 0.3) is 0 Å². The predicted molar refractivity (Wildman–Crippen MR) is 80.0 cm³/mol. The lowest BCUT2D eigenvalue weighted by Gasteiger charge is -2.33. The van der Waals surface area contributed by atoms with Gasteiger partial charge in [-0.15, -0.1) is 0 Å². The van der Waals surface area contributed by atoms with E-state index in [1.165, 1.54) is 4.90 Å². The number of benzene rings is 1. The van der Waals surface area contributed by atoms with Crippen LogP contribution in [0.4, 0.5) is 0 Å². The number of nitrogens with two attached hydrogens (primary N) is 1. The van der Waals surface area contributed by atoms with E-state index >= 15 is 0 Å². The van der Waals surface area contributed by atoms with Crippen molar-refractivity contribution in [2.24, 2.45) is 5.73 Å². The first-order valence-corrected chi connectivity index (χ1v) is 7.32. The van der Waals surface area contributed by atoms with E-state index in [0.717, 1.165) is 18.4 Å². The highest BCUT2D eigenvalue weighted by atomic mass is 16.5. The van der Waals surface area contributed by atoms with Gasteiger partial charge in [0.15, 0.2) is 6.61 Å². The minimum Gasteiger partial charge on any atom is -0.452 e. The number of hydrogen-bond donors (Lipinski definition) is 1. The topological polar surface area (TPSA) is 89.7 Å². The van der Waals surface area contributed by atoms with Gasteiger partial charge in [-0.25, -0.2) is 4.79 Å². The number of likely N-dealkylation sites (tertiary alicyclic amines) is 1. The Labute approximate surface area is 129 Å². The molecule has 0 saturated carbocycles. The number of ether oxygens (including phenoxy) is 1. The molecule has 1 heterocycles. The number of carbonyl (C=O) groups is 3. The van der Waals surface area contributed by atoms with Gasteiger partial charge in [-0.2, -0.15) is 0 Å². The maximum absolute atomic E-state index is 12.2. The highest BCUT2D eigenvalue weighted by Gasteiger charge is 2.31. The normalized spacial score (nSPS) is 17.9. The maximum Gasteiger partial charge on any atom is 0.338 e. The molecule has 1 atom stereocenters. The fraction of sp³-hybridized carbons (Fsp3) is 0.438. The molecule has 1 saturated heterocycles. The van der Waals surface area contributed by atoms with E-state index in [0.29, 0.717) is 18.5 Å². The van der Waals surface area contributed by atoms with Gasteiger partial charge in [0.2, 0.25) is 5.91 Å². The number of nitrogens with zero attached hydrogens (tertiary/aromatic N) is 1. The van der Waals surface area contributed by atoms with Crippen LogP contribution in [-0.2, 0) is 14.3 Å². The van der Waals surface area contributed by atoms with Crippen LogP contribution in [0.2, 0.25) is 0 Å². The smallest absolute Gasteiger partial charge is 0.338 e. The molecule has 22 heavy (non-hydrogen) atoms. The number of esters is 1. The first-order chi connectivity index (χ1) is 10.5. The number of primary amides is 1. The van der Waals surface area contributed by atoms with E-state index in [9.17, 15) is 14.4 Å². The van der Waals surface area contributed by atoms with E-state index < -0.39 is 17.9 Å². The van der Waals surface area contributed by atoms with Crippen molar-refractivity contribution in [1.29, 1.82) is 0 Å². The number of amides is 2. The minimum atomic E-state index is -0.599. The summed E-state index contributed by atoms with van der Waals surface area (Å²) in [6, 6.07) is 6.40. The molecule has 2 rings (SSSR count). The molecule has 0 spiro atoms. The number of hydrogen-bond acceptors (Lipinski definition) is 4. The van der Waals surface area contributed by atoms with Crippen LogP contribution in [0.15, 0.2) is 24.3 Å². The summed E-state index contributed by atoms with van der Waals surface area (Å²) in [6.07, 6.45) is 2.24. The molecule has 0 aliphatic carbocycles. The number of piperidine rings is 1. The van der Waals surface area contributed by atoms with Gasteiger partial charge in [-0.3, -0.25) is 9.59 Å². The molecule has 6 nitrogen and oxygen atoms in total. The van der Waals surface area contributed by atoms with Gasteiger partial charge in [0.25, 0.3) is 5.91 Å². The van der Waals surface area contributed by atoms with Crippen molar-refractivity contribution in [1.82, 2.24) is 4.90 Å². The second-order valence-corrected chi connectivity index (χ2v) is 5.39. The predicted octanol–water partition coefficient (Wildman–Crippen LogP) is 1.02. The van der Waals surface area contributed by atoms with Gasteiger partial charge in [0.1, 0.15) is 6.04 Å². The van der Waals surface area contributed by atoms with Gasteiger partial charge in [-0.05, 0) is 37.8 Å². The molecule has 118 valence electrons. The number of rotatable bonds is 4. The largest absolute Gasteiger partial charge is 0.452 e. The zero-order chi connectivity index (χ0) is 16.1. The summed E-state index contributed by atoms with van der Waals surface area (Å²) in [6.45, 7) is 1.89. The van der Waals surface area contributed by atoms with Crippen molar-refractivity contribution >= 4 is 17.8 Å². The van der Waals surface area contributed by atoms with Gasteiger partial charge in [0, 0.05) is 6.54 Å². The Balaban J connectivity index is 1.96. The highest BCUT2D eigenvalue weighted by Crippen LogP contribution is 2.17. The summed E-state index contributed by atoms with van der Waals surface area (Å²) in [7, 11) is 0. The number of aryl methyl sites for hydroxylation is 1. The monoisotopic (exact) mass is 304 g/mol. The van der Waals surface area contributed by atoms with Gasteiger partial charge < -0.3 is 15.4 Å². The van der Waals surface area contributed by atoms with Crippen LogP contribution in [0, 0.1) is 6.92 Å². The molecule has 2 amide bonds. The Morgan fingerprint density at radius 1 is 1.27 bits per heavy atom. The molecule has 1 aliphatic rings. The lowest BCUT2D eigenvalue weighted by atomic mass is 10.0. The minimum absolute atomic E-state index is 0.378. The quantitative estimate of drug-likeness (QED) is 0.841.